The summed E-state index contributed by atoms with van der Waals surface area (Å²) in [6, 6.07) is 11.6. The molecule has 1 radical (unpaired) electrons. The van der Waals surface area contributed by atoms with Crippen LogP contribution in [0.3, 0.4) is 0 Å². The Bertz CT molecular complexity index is 974. The van der Waals surface area contributed by atoms with Gasteiger partial charge in [-0.05, 0) is 38.1 Å². The maximum absolute atomic E-state index is 10.2. The van der Waals surface area contributed by atoms with E-state index < -0.39 is 40.5 Å². The third-order valence-electron chi connectivity index (χ3n) is 3.77. The standard InChI is InChI=1S/C10H8N2.2C2H8O7P2.Co.H2O/c1-3-7-11-9(5-1)10-6-2-4-8-12-10;2*1-2(3,10(4,5)6)11(7,8)9;;/h1-8H;2*3H,1H3,(H2,4,5,6)(H2,7,8,9);;1H2/q;;;+2;/p-2. The number of aliphatic hydroxyl groups is 2. The molecule has 0 amide bonds. The van der Waals surface area contributed by atoms with Gasteiger partial charge in [0.25, 0.3) is 0 Å². The number of aromatic nitrogens is 2. The Morgan fingerprint density at radius 2 is 0.917 bits per heavy atom. The molecule has 36 heavy (non-hydrogen) atoms. The zero-order chi connectivity index (χ0) is 27.2. The SMILES string of the molecule is C[C@@](O)(P(=O)([O-])O)P(=O)(O)O.C[C@@](O)(P(=O)([O-])O)P(=O)(O)O.O.[Co+2].c1ccc(-c2ccccn2)nc1. The maximum atomic E-state index is 10.2. The summed E-state index contributed by atoms with van der Waals surface area (Å²) in [4.78, 5) is 77.8. The van der Waals surface area contributed by atoms with Crippen LogP contribution in [0.1, 0.15) is 13.8 Å². The van der Waals surface area contributed by atoms with Crippen LogP contribution in [-0.4, -0.2) is 65.2 Å². The molecule has 0 aliphatic heterocycles. The summed E-state index contributed by atoms with van der Waals surface area (Å²) in [5.41, 5.74) is 1.83. The van der Waals surface area contributed by atoms with Gasteiger partial charge in [-0.15, -0.1) is 0 Å². The van der Waals surface area contributed by atoms with Gasteiger partial charge in [0.05, 0.1) is 11.4 Å². The average Bonchev–Trinajstić information content (AvgIpc) is 2.67. The molecule has 0 bridgehead atoms. The molecule has 0 spiro atoms. The molecular weight excluding hydrogens is 619 g/mol. The molecule has 209 valence electrons. The van der Waals surface area contributed by atoms with Gasteiger partial charge in [0.2, 0.25) is 10.2 Å². The topological polar surface area (TPSA) is 334 Å². The van der Waals surface area contributed by atoms with Crippen molar-refractivity contribution < 1.29 is 89.9 Å². The molecule has 0 saturated carbocycles. The third kappa shape index (κ3) is 11.4. The van der Waals surface area contributed by atoms with Gasteiger partial charge < -0.3 is 64.0 Å². The van der Waals surface area contributed by atoms with Gasteiger partial charge in [-0.25, -0.2) is 0 Å². The summed E-state index contributed by atoms with van der Waals surface area (Å²) >= 11 is 0. The molecule has 0 aliphatic carbocycles. The summed E-state index contributed by atoms with van der Waals surface area (Å²) in [6.07, 6.45) is 3.54. The molecule has 2 heterocycles. The monoisotopic (exact) mass is 643 g/mol. The average molecular weight is 643 g/mol. The Kier molecular flexibility index (Phi) is 16.0. The van der Waals surface area contributed by atoms with Crippen molar-refractivity contribution >= 4 is 30.4 Å². The summed E-state index contributed by atoms with van der Waals surface area (Å²) in [7, 11) is -21.4. The molecule has 17 nitrogen and oxygen atoms in total. The number of hydrogen-bond donors (Lipinski definition) is 8. The van der Waals surface area contributed by atoms with Crippen molar-refractivity contribution in [3.63, 3.8) is 0 Å². The smallest absolute Gasteiger partial charge is 0.776 e. The fraction of sp³-hybridized carbons (Fsp3) is 0.286. The van der Waals surface area contributed by atoms with Crippen molar-refractivity contribution in [1.29, 1.82) is 0 Å². The van der Waals surface area contributed by atoms with E-state index in [2.05, 4.69) is 9.97 Å². The van der Waals surface area contributed by atoms with E-state index in [-0.39, 0.29) is 22.3 Å². The van der Waals surface area contributed by atoms with Crippen LogP contribution in [0.25, 0.3) is 11.4 Å². The Morgan fingerprint density at radius 1 is 0.667 bits per heavy atom. The summed E-state index contributed by atoms with van der Waals surface area (Å²) in [6.45, 7) is 0.642. The number of rotatable bonds is 5. The number of nitrogens with zero attached hydrogens (tertiary/aromatic N) is 2. The van der Waals surface area contributed by atoms with Gasteiger partial charge >= 0.3 is 32.0 Å². The first-order chi connectivity index (χ1) is 15.0. The Hall–Kier alpha value is -0.714. The van der Waals surface area contributed by atoms with E-state index in [1.807, 2.05) is 36.4 Å². The van der Waals surface area contributed by atoms with Crippen LogP contribution in [0, 0.1) is 0 Å². The maximum Gasteiger partial charge on any atom is 2.00 e. The molecule has 10 N–H and O–H groups in total. The van der Waals surface area contributed by atoms with E-state index in [0.29, 0.717) is 13.8 Å². The molecule has 0 aliphatic rings. The first-order valence-corrected chi connectivity index (χ1v) is 14.8. The van der Waals surface area contributed by atoms with Gasteiger partial charge in [-0.1, -0.05) is 12.1 Å². The van der Waals surface area contributed by atoms with Gasteiger partial charge in [-0.3, -0.25) is 19.1 Å². The van der Waals surface area contributed by atoms with Crippen LogP contribution in [0.5, 0.6) is 0 Å². The Balaban J connectivity index is -0.000000443. The first-order valence-electron chi connectivity index (χ1n) is 8.43. The molecule has 2 aromatic rings. The summed E-state index contributed by atoms with van der Waals surface area (Å²) in [5, 5.41) is 10.4. The molecule has 0 aromatic carbocycles. The largest absolute Gasteiger partial charge is 2.00 e. The molecule has 2 unspecified atom stereocenters. The Labute approximate surface area is 214 Å². The van der Waals surface area contributed by atoms with Crippen molar-refractivity contribution in [2.24, 2.45) is 0 Å². The fourth-order valence-electron chi connectivity index (χ4n) is 1.36. The normalized spacial score (nSPS) is 17.8. The second-order valence-corrected chi connectivity index (χ2v) is 14.9. The van der Waals surface area contributed by atoms with E-state index in [1.165, 1.54) is 0 Å². The van der Waals surface area contributed by atoms with Crippen molar-refractivity contribution in [3.05, 3.63) is 48.8 Å². The van der Waals surface area contributed by atoms with Crippen molar-refractivity contribution in [2.75, 3.05) is 0 Å². The predicted octanol–water partition coefficient (Wildman–Crippen LogP) is -1.93. The first kappa shape index (κ1) is 39.8. The molecule has 0 fully saturated rings. The zero-order valence-electron chi connectivity index (χ0n) is 18.2. The molecule has 2 rings (SSSR count). The molecule has 2 aromatic heterocycles. The van der Waals surface area contributed by atoms with Crippen LogP contribution in [0.4, 0.5) is 0 Å². The van der Waals surface area contributed by atoms with Crippen molar-refractivity contribution in [1.82, 2.24) is 9.97 Å². The van der Waals surface area contributed by atoms with Crippen LogP contribution < -0.4 is 9.79 Å². The second-order valence-electron chi connectivity index (χ2n) is 6.50. The Morgan fingerprint density at radius 3 is 1.03 bits per heavy atom. The van der Waals surface area contributed by atoms with Gasteiger partial charge in [0.1, 0.15) is 0 Å². The van der Waals surface area contributed by atoms with E-state index in [4.69, 9.17) is 39.6 Å². The second kappa shape index (κ2) is 14.4. The van der Waals surface area contributed by atoms with Gasteiger partial charge in [-0.2, -0.15) is 0 Å². The number of pyridine rings is 2. The molecular formula is C14H24CoN2O15P4. The number of hydrogen-bond acceptors (Lipinski definition) is 10. The molecule has 0 saturated heterocycles. The fourth-order valence-corrected chi connectivity index (χ4v) is 3.99. The zero-order valence-corrected chi connectivity index (χ0v) is 22.8. The van der Waals surface area contributed by atoms with E-state index >= 15 is 0 Å². The molecule has 4 atom stereocenters. The van der Waals surface area contributed by atoms with Crippen LogP contribution >= 0.6 is 30.4 Å². The van der Waals surface area contributed by atoms with Crippen molar-refractivity contribution in [3.8, 4) is 11.4 Å². The minimum atomic E-state index is -5.45. The predicted molar refractivity (Wildman–Crippen MR) is 116 cm³/mol. The van der Waals surface area contributed by atoms with Crippen LogP contribution in [-0.2, 0) is 35.0 Å². The van der Waals surface area contributed by atoms with Crippen molar-refractivity contribution in [2.45, 2.75) is 24.0 Å². The quantitative estimate of drug-likeness (QED) is 0.164. The van der Waals surface area contributed by atoms with Gasteiger partial charge in [0.15, 0.2) is 15.2 Å². The third-order valence-corrected chi connectivity index (χ3v) is 11.2. The minimum absolute atomic E-state index is 0. The van der Waals surface area contributed by atoms with Crippen LogP contribution in [0.15, 0.2) is 48.8 Å². The minimum Gasteiger partial charge on any atom is -0.776 e. The summed E-state index contributed by atoms with van der Waals surface area (Å²) in [5.74, 6) is 0. The molecule has 22 heteroatoms. The van der Waals surface area contributed by atoms with E-state index in [0.717, 1.165) is 11.4 Å². The summed E-state index contributed by atoms with van der Waals surface area (Å²) < 4.78 is 40.7. The van der Waals surface area contributed by atoms with E-state index in [1.54, 1.807) is 12.4 Å². The van der Waals surface area contributed by atoms with Crippen LogP contribution in [0.2, 0.25) is 0 Å². The van der Waals surface area contributed by atoms with E-state index in [9.17, 15) is 28.0 Å². The van der Waals surface area contributed by atoms with Gasteiger partial charge in [0, 0.05) is 12.4 Å².